The molecule has 1 saturated carbocycles. The van der Waals surface area contributed by atoms with Gasteiger partial charge in [0.05, 0.1) is 5.56 Å². The molecular weight excluding hydrogens is 517 g/mol. The van der Waals surface area contributed by atoms with Crippen LogP contribution in [-0.4, -0.2) is 25.1 Å². The molecule has 0 radical (unpaired) electrons. The van der Waals surface area contributed by atoms with Gasteiger partial charge in [-0.25, -0.2) is 4.39 Å². The highest BCUT2D eigenvalue weighted by Gasteiger charge is 2.43. The average Bonchev–Trinajstić information content (AvgIpc) is 3.30. The van der Waals surface area contributed by atoms with Crippen molar-refractivity contribution in [3.8, 4) is 22.6 Å². The number of ether oxygens (including phenoxy) is 2. The van der Waals surface area contributed by atoms with E-state index in [0.29, 0.717) is 30.3 Å². The van der Waals surface area contributed by atoms with Crippen LogP contribution in [0.3, 0.4) is 0 Å². The molecule has 1 fully saturated rings. The zero-order valence-corrected chi connectivity index (χ0v) is 21.4. The SMILES string of the molecule is NC(=O)c1ccc(OC(F)F)c(F)c1-c1c(Cl)ccc2c1C[C@@](CNC1CCCCC1)(c1ccccc1)O2. The first kappa shape index (κ1) is 26.4. The van der Waals surface area contributed by atoms with Crippen LogP contribution in [0.15, 0.2) is 54.6 Å². The minimum Gasteiger partial charge on any atom is -0.481 e. The number of hydrogen-bond donors (Lipinski definition) is 2. The van der Waals surface area contributed by atoms with Crippen molar-refractivity contribution in [1.29, 1.82) is 0 Å². The van der Waals surface area contributed by atoms with E-state index in [1.807, 2.05) is 30.3 Å². The van der Waals surface area contributed by atoms with Gasteiger partial charge in [-0.05, 0) is 42.7 Å². The highest BCUT2D eigenvalue weighted by Crippen LogP contribution is 2.49. The summed E-state index contributed by atoms with van der Waals surface area (Å²) in [5.74, 6) is -2.31. The number of fused-ring (bicyclic) bond motifs is 1. The van der Waals surface area contributed by atoms with Gasteiger partial charge in [-0.1, -0.05) is 61.2 Å². The van der Waals surface area contributed by atoms with Gasteiger partial charge >= 0.3 is 6.61 Å². The molecule has 0 saturated heterocycles. The van der Waals surface area contributed by atoms with Gasteiger partial charge in [0.1, 0.15) is 5.75 Å². The molecule has 2 aliphatic rings. The van der Waals surface area contributed by atoms with Crippen LogP contribution in [0.25, 0.3) is 11.1 Å². The molecule has 5 nitrogen and oxygen atoms in total. The summed E-state index contributed by atoms with van der Waals surface area (Å²) < 4.78 is 52.7. The smallest absolute Gasteiger partial charge is 0.387 e. The molecule has 200 valence electrons. The number of hydrogen-bond acceptors (Lipinski definition) is 4. The van der Waals surface area contributed by atoms with Gasteiger partial charge in [-0.3, -0.25) is 4.79 Å². The van der Waals surface area contributed by atoms with Crippen molar-refractivity contribution < 1.29 is 27.4 Å². The summed E-state index contributed by atoms with van der Waals surface area (Å²) in [6.07, 6.45) is 6.04. The number of primary amides is 1. The van der Waals surface area contributed by atoms with Crippen molar-refractivity contribution in [3.63, 3.8) is 0 Å². The van der Waals surface area contributed by atoms with Gasteiger partial charge in [0, 0.05) is 40.7 Å². The van der Waals surface area contributed by atoms with Crippen molar-refractivity contribution in [3.05, 3.63) is 82.1 Å². The highest BCUT2D eigenvalue weighted by molar-refractivity contribution is 6.34. The Labute approximate surface area is 224 Å². The van der Waals surface area contributed by atoms with Crippen molar-refractivity contribution >= 4 is 17.5 Å². The number of carbonyl (C=O) groups excluding carboxylic acids is 1. The van der Waals surface area contributed by atoms with Crippen LogP contribution >= 0.6 is 11.6 Å². The first-order valence-electron chi connectivity index (χ1n) is 12.7. The number of carbonyl (C=O) groups is 1. The molecule has 1 atom stereocenters. The fraction of sp³-hybridized carbons (Fsp3) is 0.345. The van der Waals surface area contributed by atoms with Crippen molar-refractivity contribution in [2.75, 3.05) is 6.54 Å². The molecule has 1 aliphatic heterocycles. The fourth-order valence-corrected chi connectivity index (χ4v) is 5.86. The Morgan fingerprint density at radius 3 is 2.50 bits per heavy atom. The molecule has 3 aromatic rings. The number of halogens is 4. The van der Waals surface area contributed by atoms with Crippen LogP contribution in [0.1, 0.15) is 53.6 Å². The van der Waals surface area contributed by atoms with Crippen LogP contribution in [0.4, 0.5) is 13.2 Å². The molecule has 38 heavy (non-hydrogen) atoms. The molecule has 3 N–H and O–H groups in total. The second-order valence-electron chi connectivity index (χ2n) is 9.80. The lowest BCUT2D eigenvalue weighted by molar-refractivity contribution is -0.0521. The van der Waals surface area contributed by atoms with Crippen LogP contribution in [0, 0.1) is 5.82 Å². The lowest BCUT2D eigenvalue weighted by Gasteiger charge is -2.33. The van der Waals surface area contributed by atoms with E-state index >= 15 is 4.39 Å². The van der Waals surface area contributed by atoms with Gasteiger partial charge < -0.3 is 20.5 Å². The maximum Gasteiger partial charge on any atom is 0.387 e. The third kappa shape index (κ3) is 5.07. The lowest BCUT2D eigenvalue weighted by atomic mass is 9.84. The van der Waals surface area contributed by atoms with E-state index in [4.69, 9.17) is 22.1 Å². The topological polar surface area (TPSA) is 73.6 Å². The predicted octanol–water partition coefficient (Wildman–Crippen LogP) is 6.60. The van der Waals surface area contributed by atoms with Crippen LogP contribution in [0.2, 0.25) is 5.02 Å². The maximum atomic E-state index is 15.7. The Hall–Kier alpha value is -3.23. The molecule has 0 spiro atoms. The van der Waals surface area contributed by atoms with E-state index in [0.717, 1.165) is 24.5 Å². The molecule has 1 aliphatic carbocycles. The van der Waals surface area contributed by atoms with Crippen LogP contribution in [-0.2, 0) is 12.0 Å². The zero-order chi connectivity index (χ0) is 26.9. The van der Waals surface area contributed by atoms with Crippen molar-refractivity contribution in [1.82, 2.24) is 5.32 Å². The quantitative estimate of drug-likeness (QED) is 0.335. The first-order chi connectivity index (χ1) is 18.3. The summed E-state index contributed by atoms with van der Waals surface area (Å²) in [7, 11) is 0. The van der Waals surface area contributed by atoms with Crippen molar-refractivity contribution in [2.24, 2.45) is 5.73 Å². The van der Waals surface area contributed by atoms with Gasteiger partial charge in [0.15, 0.2) is 17.2 Å². The number of benzene rings is 3. The Morgan fingerprint density at radius 1 is 1.08 bits per heavy atom. The summed E-state index contributed by atoms with van der Waals surface area (Å²) in [4.78, 5) is 12.3. The number of rotatable bonds is 8. The average molecular weight is 545 g/mol. The second-order valence-corrected chi connectivity index (χ2v) is 10.2. The minimum absolute atomic E-state index is 0.132. The Morgan fingerprint density at radius 2 is 1.82 bits per heavy atom. The summed E-state index contributed by atoms with van der Waals surface area (Å²) in [5, 5.41) is 3.81. The Balaban J connectivity index is 1.62. The van der Waals surface area contributed by atoms with Gasteiger partial charge in [-0.2, -0.15) is 8.78 Å². The predicted molar refractivity (Wildman–Crippen MR) is 139 cm³/mol. The summed E-state index contributed by atoms with van der Waals surface area (Å²) in [6.45, 7) is -2.76. The third-order valence-corrected chi connectivity index (χ3v) is 7.72. The normalized spacial score (nSPS) is 19.3. The molecular formula is C29H28ClF3N2O3. The third-order valence-electron chi connectivity index (χ3n) is 7.41. The summed E-state index contributed by atoms with van der Waals surface area (Å²) in [6, 6.07) is 15.4. The molecule has 0 aromatic heterocycles. The van der Waals surface area contributed by atoms with E-state index in [-0.39, 0.29) is 21.7 Å². The van der Waals surface area contributed by atoms with E-state index in [1.165, 1.54) is 31.4 Å². The van der Waals surface area contributed by atoms with Crippen LogP contribution in [0.5, 0.6) is 11.5 Å². The second kappa shape index (κ2) is 10.9. The Kier molecular flexibility index (Phi) is 7.54. The van der Waals surface area contributed by atoms with Crippen LogP contribution < -0.4 is 20.5 Å². The standard InChI is InChI=1S/C29H28ClF3N2O3/c30-21-12-14-22-20(24(21)25-19(27(34)36)11-13-23(26(25)31)37-28(32)33)15-29(38-22,17-7-3-1-4-8-17)16-35-18-9-5-2-6-10-18/h1,3-4,7-8,11-14,18,28,35H,2,5-6,9-10,15-16H2,(H2,34,36)/t29-/m1/s1. The molecule has 5 rings (SSSR count). The lowest BCUT2D eigenvalue weighted by Crippen LogP contribution is -2.46. The Bertz CT molecular complexity index is 1330. The highest BCUT2D eigenvalue weighted by atomic mass is 35.5. The van der Waals surface area contributed by atoms with E-state index < -0.39 is 29.7 Å². The number of amides is 1. The summed E-state index contributed by atoms with van der Waals surface area (Å²) in [5.41, 5.74) is 5.90. The molecule has 1 amide bonds. The minimum atomic E-state index is -3.26. The molecule has 1 heterocycles. The van der Waals surface area contributed by atoms with Gasteiger partial charge in [0.2, 0.25) is 5.91 Å². The molecule has 0 unspecified atom stereocenters. The maximum absolute atomic E-state index is 15.7. The molecule has 3 aromatic carbocycles. The first-order valence-corrected chi connectivity index (χ1v) is 13.0. The van der Waals surface area contributed by atoms with Gasteiger partial charge in [0.25, 0.3) is 0 Å². The fourth-order valence-electron chi connectivity index (χ4n) is 5.59. The monoisotopic (exact) mass is 544 g/mol. The van der Waals surface area contributed by atoms with Gasteiger partial charge in [-0.15, -0.1) is 0 Å². The largest absolute Gasteiger partial charge is 0.481 e. The van der Waals surface area contributed by atoms with Crippen molar-refractivity contribution in [2.45, 2.75) is 56.8 Å². The molecule has 0 bridgehead atoms. The van der Waals surface area contributed by atoms with E-state index in [2.05, 4.69) is 10.1 Å². The number of alkyl halides is 2. The summed E-state index contributed by atoms with van der Waals surface area (Å²) >= 11 is 6.61. The number of nitrogens with two attached hydrogens (primary N) is 1. The zero-order valence-electron chi connectivity index (χ0n) is 20.6. The van der Waals surface area contributed by atoms with E-state index in [1.54, 1.807) is 6.07 Å². The number of nitrogens with one attached hydrogen (secondary N) is 1. The van der Waals surface area contributed by atoms with E-state index in [9.17, 15) is 13.6 Å². The molecule has 9 heteroatoms.